The van der Waals surface area contributed by atoms with E-state index in [1.165, 1.54) is 16.0 Å². The third-order valence-corrected chi connectivity index (χ3v) is 4.62. The molecular weight excluding hydrogens is 276 g/mol. The number of rotatable bonds is 7. The highest BCUT2D eigenvalue weighted by atomic mass is 32.2. The van der Waals surface area contributed by atoms with E-state index in [4.69, 9.17) is 4.74 Å². The highest BCUT2D eigenvalue weighted by molar-refractivity contribution is 8.01. The number of methoxy groups -OCH3 is 1. The zero-order valence-corrected chi connectivity index (χ0v) is 12.8. The Balaban J connectivity index is 2.04. The Bertz CT molecular complexity index is 500. The van der Waals surface area contributed by atoms with Crippen molar-refractivity contribution in [1.29, 1.82) is 0 Å². The summed E-state index contributed by atoms with van der Waals surface area (Å²) < 4.78 is 6.13. The topological polar surface area (TPSA) is 34.1 Å². The van der Waals surface area contributed by atoms with Gasteiger partial charge in [-0.15, -0.1) is 11.3 Å². The standard InChI is InChI=1S/C14H18N2OS2/c1-11-3-4-13(19-14-16-6-8-18-14)12(9-11)10-15-5-7-17-2/h3-4,6,8-9,15H,5,7,10H2,1-2H3. The van der Waals surface area contributed by atoms with Gasteiger partial charge in [0.05, 0.1) is 6.61 Å². The average molecular weight is 294 g/mol. The molecule has 0 unspecified atom stereocenters. The second kappa shape index (κ2) is 7.65. The van der Waals surface area contributed by atoms with E-state index in [-0.39, 0.29) is 0 Å². The second-order valence-corrected chi connectivity index (χ2v) is 6.36. The molecule has 0 aliphatic rings. The number of benzene rings is 1. The van der Waals surface area contributed by atoms with Gasteiger partial charge in [-0.1, -0.05) is 29.5 Å². The molecule has 0 radical (unpaired) electrons. The largest absolute Gasteiger partial charge is 0.383 e. The van der Waals surface area contributed by atoms with E-state index in [9.17, 15) is 0 Å². The Morgan fingerprint density at radius 2 is 2.32 bits per heavy atom. The monoisotopic (exact) mass is 294 g/mol. The lowest BCUT2D eigenvalue weighted by atomic mass is 10.1. The van der Waals surface area contributed by atoms with Crippen LogP contribution < -0.4 is 5.32 Å². The van der Waals surface area contributed by atoms with E-state index in [1.807, 2.05) is 11.6 Å². The van der Waals surface area contributed by atoms with E-state index in [0.717, 1.165) is 24.0 Å². The molecule has 1 heterocycles. The Kier molecular flexibility index (Phi) is 5.85. The Labute approximate surface area is 122 Å². The van der Waals surface area contributed by atoms with Crippen molar-refractivity contribution >= 4 is 23.1 Å². The van der Waals surface area contributed by atoms with Crippen LogP contribution in [0.4, 0.5) is 0 Å². The van der Waals surface area contributed by atoms with Crippen LogP contribution in [-0.2, 0) is 11.3 Å². The number of hydrogen-bond donors (Lipinski definition) is 1. The first-order valence-corrected chi connectivity index (χ1v) is 7.85. The molecule has 0 atom stereocenters. The maximum atomic E-state index is 5.04. The molecule has 1 aromatic carbocycles. The van der Waals surface area contributed by atoms with Crippen LogP contribution in [0.2, 0.25) is 0 Å². The van der Waals surface area contributed by atoms with Crippen molar-refractivity contribution in [2.75, 3.05) is 20.3 Å². The summed E-state index contributed by atoms with van der Waals surface area (Å²) >= 11 is 3.40. The van der Waals surface area contributed by atoms with Crippen LogP contribution in [0.25, 0.3) is 0 Å². The van der Waals surface area contributed by atoms with Gasteiger partial charge >= 0.3 is 0 Å². The van der Waals surface area contributed by atoms with Crippen molar-refractivity contribution in [3.8, 4) is 0 Å². The molecule has 1 N–H and O–H groups in total. The van der Waals surface area contributed by atoms with Gasteiger partial charge in [0.1, 0.15) is 0 Å². The van der Waals surface area contributed by atoms with Crippen molar-refractivity contribution in [1.82, 2.24) is 10.3 Å². The van der Waals surface area contributed by atoms with Gasteiger partial charge in [0, 0.05) is 36.7 Å². The average Bonchev–Trinajstić information content (AvgIpc) is 2.90. The van der Waals surface area contributed by atoms with Crippen LogP contribution in [0.15, 0.2) is 39.0 Å². The normalized spacial score (nSPS) is 10.8. The summed E-state index contributed by atoms with van der Waals surface area (Å²) in [4.78, 5) is 5.59. The lowest BCUT2D eigenvalue weighted by molar-refractivity contribution is 0.199. The van der Waals surface area contributed by atoms with E-state index in [1.54, 1.807) is 30.2 Å². The van der Waals surface area contributed by atoms with Crippen LogP contribution in [0.5, 0.6) is 0 Å². The van der Waals surface area contributed by atoms with Gasteiger partial charge in [-0.25, -0.2) is 4.98 Å². The minimum atomic E-state index is 0.737. The van der Waals surface area contributed by atoms with Crippen LogP contribution >= 0.6 is 23.1 Å². The molecule has 0 fully saturated rings. The van der Waals surface area contributed by atoms with Crippen molar-refractivity contribution < 1.29 is 4.74 Å². The first-order chi connectivity index (χ1) is 9.29. The quantitative estimate of drug-likeness (QED) is 0.794. The molecule has 0 aliphatic heterocycles. The molecule has 0 aliphatic carbocycles. The zero-order valence-electron chi connectivity index (χ0n) is 11.2. The molecule has 0 spiro atoms. The van der Waals surface area contributed by atoms with E-state index < -0.39 is 0 Å². The maximum absolute atomic E-state index is 5.04. The molecule has 19 heavy (non-hydrogen) atoms. The van der Waals surface area contributed by atoms with Crippen LogP contribution in [0, 0.1) is 6.92 Å². The van der Waals surface area contributed by atoms with Crippen LogP contribution in [0.1, 0.15) is 11.1 Å². The second-order valence-electron chi connectivity index (χ2n) is 4.18. The Morgan fingerprint density at radius 3 is 3.05 bits per heavy atom. The van der Waals surface area contributed by atoms with E-state index >= 15 is 0 Å². The fourth-order valence-electron chi connectivity index (χ4n) is 1.70. The number of nitrogens with one attached hydrogen (secondary N) is 1. The van der Waals surface area contributed by atoms with E-state index in [2.05, 4.69) is 35.4 Å². The lowest BCUT2D eigenvalue weighted by Crippen LogP contribution is -2.18. The molecule has 1 aromatic heterocycles. The Hall–Kier alpha value is -0.880. The number of thiazole rings is 1. The van der Waals surface area contributed by atoms with Gasteiger partial charge < -0.3 is 10.1 Å². The highest BCUT2D eigenvalue weighted by Gasteiger charge is 2.06. The molecule has 5 heteroatoms. The smallest absolute Gasteiger partial charge is 0.154 e. The maximum Gasteiger partial charge on any atom is 0.154 e. The number of ether oxygens (including phenoxy) is 1. The molecule has 2 aromatic rings. The third kappa shape index (κ3) is 4.62. The van der Waals surface area contributed by atoms with Gasteiger partial charge in [0.25, 0.3) is 0 Å². The number of aryl methyl sites for hydroxylation is 1. The summed E-state index contributed by atoms with van der Waals surface area (Å²) in [5.74, 6) is 0. The summed E-state index contributed by atoms with van der Waals surface area (Å²) in [5.41, 5.74) is 2.60. The molecule has 0 bridgehead atoms. The van der Waals surface area contributed by atoms with Gasteiger partial charge in [-0.3, -0.25) is 0 Å². The minimum absolute atomic E-state index is 0.737. The minimum Gasteiger partial charge on any atom is -0.383 e. The fraction of sp³-hybridized carbons (Fsp3) is 0.357. The molecule has 0 saturated heterocycles. The number of aromatic nitrogens is 1. The predicted molar refractivity (Wildman–Crippen MR) is 81.0 cm³/mol. The van der Waals surface area contributed by atoms with Crippen LogP contribution in [-0.4, -0.2) is 25.2 Å². The van der Waals surface area contributed by atoms with Crippen molar-refractivity contribution in [3.05, 3.63) is 40.9 Å². The van der Waals surface area contributed by atoms with Gasteiger partial charge in [0.2, 0.25) is 0 Å². The Morgan fingerprint density at radius 1 is 1.42 bits per heavy atom. The summed E-state index contributed by atoms with van der Waals surface area (Å²) in [5, 5.41) is 5.40. The first kappa shape index (κ1) is 14.5. The van der Waals surface area contributed by atoms with Crippen LogP contribution in [0.3, 0.4) is 0 Å². The summed E-state index contributed by atoms with van der Waals surface area (Å²) in [6.07, 6.45) is 1.84. The molecule has 3 nitrogen and oxygen atoms in total. The predicted octanol–water partition coefficient (Wildman–Crippen LogP) is 3.34. The summed E-state index contributed by atoms with van der Waals surface area (Å²) in [7, 11) is 1.72. The third-order valence-electron chi connectivity index (χ3n) is 2.62. The summed E-state index contributed by atoms with van der Waals surface area (Å²) in [6.45, 7) is 4.59. The summed E-state index contributed by atoms with van der Waals surface area (Å²) in [6, 6.07) is 6.55. The van der Waals surface area contributed by atoms with Gasteiger partial charge in [-0.2, -0.15) is 0 Å². The van der Waals surface area contributed by atoms with E-state index in [0.29, 0.717) is 0 Å². The SMILES string of the molecule is COCCNCc1cc(C)ccc1Sc1nccs1. The molecule has 0 saturated carbocycles. The first-order valence-electron chi connectivity index (χ1n) is 6.16. The molecule has 0 amide bonds. The molecule has 2 rings (SSSR count). The van der Waals surface area contributed by atoms with Crippen molar-refractivity contribution in [3.63, 3.8) is 0 Å². The molecule has 102 valence electrons. The van der Waals surface area contributed by atoms with Gasteiger partial charge in [-0.05, 0) is 18.6 Å². The fourth-order valence-corrected chi connectivity index (χ4v) is 3.39. The molecular formula is C14H18N2OS2. The number of hydrogen-bond acceptors (Lipinski definition) is 5. The highest BCUT2D eigenvalue weighted by Crippen LogP contribution is 2.32. The van der Waals surface area contributed by atoms with Gasteiger partial charge in [0.15, 0.2) is 4.34 Å². The lowest BCUT2D eigenvalue weighted by Gasteiger charge is -2.10. The zero-order chi connectivity index (χ0) is 13.5. The number of nitrogens with zero attached hydrogens (tertiary/aromatic N) is 1. The van der Waals surface area contributed by atoms with Crippen molar-refractivity contribution in [2.24, 2.45) is 0 Å². The van der Waals surface area contributed by atoms with Crippen molar-refractivity contribution in [2.45, 2.75) is 22.7 Å².